The Bertz CT molecular complexity index is 2010. The van der Waals surface area contributed by atoms with Crippen molar-refractivity contribution in [3.05, 3.63) is 133 Å². The molecule has 192 valence electrons. The van der Waals surface area contributed by atoms with Crippen LogP contribution >= 0.6 is 0 Å². The lowest BCUT2D eigenvalue weighted by Crippen LogP contribution is -2.57. The van der Waals surface area contributed by atoms with E-state index in [1.807, 2.05) is 54.6 Å². The zero-order chi connectivity index (χ0) is 26.9. The van der Waals surface area contributed by atoms with E-state index in [0.717, 1.165) is 79.1 Å². The van der Waals surface area contributed by atoms with Crippen LogP contribution in [0.5, 0.6) is 34.5 Å². The summed E-state index contributed by atoms with van der Waals surface area (Å²) in [7, 11) is 0. The highest BCUT2D eigenvalue weighted by Crippen LogP contribution is 2.51. The fraction of sp³-hybridized carbons (Fsp3) is 0. The summed E-state index contributed by atoms with van der Waals surface area (Å²) < 4.78 is 19.1. The maximum atomic E-state index is 6.54. The van der Waals surface area contributed by atoms with Crippen molar-refractivity contribution in [2.45, 2.75) is 0 Å². The van der Waals surface area contributed by atoms with Crippen LogP contribution < -0.4 is 35.5 Å². The first kappa shape index (κ1) is 22.4. The van der Waals surface area contributed by atoms with Crippen molar-refractivity contribution < 1.29 is 14.2 Å². The van der Waals surface area contributed by atoms with E-state index in [2.05, 4.69) is 83.8 Å². The van der Waals surface area contributed by atoms with Gasteiger partial charge in [-0.05, 0) is 82.7 Å². The van der Waals surface area contributed by atoms with E-state index >= 15 is 0 Å². The molecule has 0 fully saturated rings. The van der Waals surface area contributed by atoms with Gasteiger partial charge in [-0.15, -0.1) is 0 Å². The number of anilines is 3. The first-order valence-corrected chi connectivity index (χ1v) is 13.8. The van der Waals surface area contributed by atoms with Crippen LogP contribution in [0.25, 0.3) is 11.1 Å². The summed E-state index contributed by atoms with van der Waals surface area (Å²) >= 11 is 0. The van der Waals surface area contributed by atoms with Gasteiger partial charge in [0.1, 0.15) is 23.0 Å². The molecule has 0 radical (unpaired) electrons. The number of hydrogen-bond donors (Lipinski definition) is 0. The SMILES string of the molecule is c1ccc(N2c3ccccc3Oc3ccc(-c4ccc5c(c4)Oc4cccc6c4B5c4ccccc4O6)cc32)cc1. The van der Waals surface area contributed by atoms with E-state index in [0.29, 0.717) is 0 Å². The van der Waals surface area contributed by atoms with Crippen LogP contribution in [-0.4, -0.2) is 6.71 Å². The molecule has 3 heterocycles. The third-order valence-corrected chi connectivity index (χ3v) is 8.18. The van der Waals surface area contributed by atoms with Crippen LogP contribution in [0.15, 0.2) is 133 Å². The lowest BCUT2D eigenvalue weighted by atomic mass is 9.35. The molecule has 5 heteroatoms. The molecule has 0 bridgehead atoms. The Morgan fingerprint density at radius 1 is 0.415 bits per heavy atom. The van der Waals surface area contributed by atoms with Crippen molar-refractivity contribution in [2.75, 3.05) is 4.90 Å². The minimum absolute atomic E-state index is 0.0611. The van der Waals surface area contributed by atoms with E-state index in [9.17, 15) is 0 Å². The Labute approximate surface area is 238 Å². The fourth-order valence-electron chi connectivity index (χ4n) is 6.34. The quantitative estimate of drug-likeness (QED) is 0.216. The highest BCUT2D eigenvalue weighted by atomic mass is 16.5. The summed E-state index contributed by atoms with van der Waals surface area (Å²) in [4.78, 5) is 2.27. The summed E-state index contributed by atoms with van der Waals surface area (Å²) in [6.45, 7) is 0.0611. The van der Waals surface area contributed by atoms with E-state index in [4.69, 9.17) is 14.2 Å². The molecule has 6 aromatic rings. The van der Waals surface area contributed by atoms with Crippen molar-refractivity contribution in [1.29, 1.82) is 0 Å². The molecule has 0 N–H and O–H groups in total. The number of benzene rings is 6. The van der Waals surface area contributed by atoms with Crippen molar-refractivity contribution in [2.24, 2.45) is 0 Å². The Balaban J connectivity index is 1.17. The molecular formula is C36H22BNO3. The highest BCUT2D eigenvalue weighted by molar-refractivity contribution is 6.98. The van der Waals surface area contributed by atoms with Gasteiger partial charge in [-0.2, -0.15) is 0 Å². The molecule has 41 heavy (non-hydrogen) atoms. The summed E-state index contributed by atoms with van der Waals surface area (Å²) in [5.41, 5.74) is 8.67. The lowest BCUT2D eigenvalue weighted by Gasteiger charge is -2.33. The second-order valence-electron chi connectivity index (χ2n) is 10.5. The van der Waals surface area contributed by atoms with Gasteiger partial charge in [0.05, 0.1) is 11.4 Å². The predicted molar refractivity (Wildman–Crippen MR) is 164 cm³/mol. The molecule has 0 aromatic heterocycles. The normalized spacial score (nSPS) is 13.4. The van der Waals surface area contributed by atoms with E-state index in [1.165, 1.54) is 0 Å². The smallest absolute Gasteiger partial charge is 0.260 e. The average molecular weight is 527 g/mol. The van der Waals surface area contributed by atoms with Crippen molar-refractivity contribution in [3.8, 4) is 45.6 Å². The van der Waals surface area contributed by atoms with Crippen molar-refractivity contribution >= 4 is 40.2 Å². The zero-order valence-electron chi connectivity index (χ0n) is 22.0. The third-order valence-electron chi connectivity index (χ3n) is 8.18. The number of rotatable bonds is 2. The second kappa shape index (κ2) is 8.54. The summed E-state index contributed by atoms with van der Waals surface area (Å²) in [6, 6.07) is 45.9. The van der Waals surface area contributed by atoms with Gasteiger partial charge in [-0.25, -0.2) is 0 Å². The first-order valence-electron chi connectivity index (χ1n) is 13.8. The lowest BCUT2D eigenvalue weighted by molar-refractivity contribution is 0.464. The van der Waals surface area contributed by atoms with E-state index in [1.54, 1.807) is 0 Å². The van der Waals surface area contributed by atoms with Gasteiger partial charge in [0.15, 0.2) is 11.5 Å². The van der Waals surface area contributed by atoms with Crippen molar-refractivity contribution in [3.63, 3.8) is 0 Å². The molecule has 0 aliphatic carbocycles. The predicted octanol–water partition coefficient (Wildman–Crippen LogP) is 7.66. The number of nitrogens with zero attached hydrogens (tertiary/aromatic N) is 1. The minimum atomic E-state index is 0.0611. The average Bonchev–Trinajstić information content (AvgIpc) is 3.03. The van der Waals surface area contributed by atoms with Crippen LogP contribution in [0.1, 0.15) is 0 Å². The van der Waals surface area contributed by atoms with Crippen LogP contribution in [0.4, 0.5) is 17.1 Å². The molecule has 0 spiro atoms. The molecule has 0 saturated carbocycles. The number of fused-ring (bicyclic) bond motifs is 6. The van der Waals surface area contributed by atoms with Gasteiger partial charge >= 0.3 is 0 Å². The molecule has 0 amide bonds. The number of ether oxygens (including phenoxy) is 3. The standard InChI is InChI=1S/C36H22BNO3/c1-2-9-25(10-3-1)38-28-12-5-7-14-31(28)40-32-20-18-23(21-29(32)38)24-17-19-27-35(22-24)41-34-16-8-15-33-36(34)37(27)26-11-4-6-13-30(26)39-33/h1-22H. The molecule has 0 unspecified atom stereocenters. The Morgan fingerprint density at radius 3 is 1.90 bits per heavy atom. The number of para-hydroxylation sites is 4. The van der Waals surface area contributed by atoms with Gasteiger partial charge in [-0.3, -0.25) is 0 Å². The van der Waals surface area contributed by atoms with Gasteiger partial charge in [0.2, 0.25) is 0 Å². The van der Waals surface area contributed by atoms with Crippen LogP contribution in [0.3, 0.4) is 0 Å². The monoisotopic (exact) mass is 527 g/mol. The van der Waals surface area contributed by atoms with Gasteiger partial charge < -0.3 is 19.1 Å². The summed E-state index contributed by atoms with van der Waals surface area (Å²) in [5, 5.41) is 0. The van der Waals surface area contributed by atoms with E-state index in [-0.39, 0.29) is 6.71 Å². The molecule has 4 nitrogen and oxygen atoms in total. The largest absolute Gasteiger partial charge is 0.458 e. The first-order chi connectivity index (χ1) is 20.3. The molecular weight excluding hydrogens is 505 g/mol. The molecule has 6 aromatic carbocycles. The topological polar surface area (TPSA) is 30.9 Å². The van der Waals surface area contributed by atoms with E-state index < -0.39 is 0 Å². The molecule has 3 aliphatic heterocycles. The number of hydrogen-bond acceptors (Lipinski definition) is 4. The van der Waals surface area contributed by atoms with Gasteiger partial charge in [0.25, 0.3) is 6.71 Å². The highest BCUT2D eigenvalue weighted by Gasteiger charge is 2.39. The van der Waals surface area contributed by atoms with Gasteiger partial charge in [-0.1, -0.05) is 72.8 Å². The zero-order valence-corrected chi connectivity index (χ0v) is 22.0. The molecule has 0 atom stereocenters. The molecule has 9 rings (SSSR count). The third kappa shape index (κ3) is 3.36. The molecule has 3 aliphatic rings. The van der Waals surface area contributed by atoms with Crippen molar-refractivity contribution in [1.82, 2.24) is 0 Å². The summed E-state index contributed by atoms with van der Waals surface area (Å²) in [6.07, 6.45) is 0. The molecule has 0 saturated heterocycles. The Hall–Kier alpha value is -5.42. The van der Waals surface area contributed by atoms with Crippen LogP contribution in [0.2, 0.25) is 0 Å². The second-order valence-corrected chi connectivity index (χ2v) is 10.5. The maximum absolute atomic E-state index is 6.54. The Morgan fingerprint density at radius 2 is 1.02 bits per heavy atom. The van der Waals surface area contributed by atoms with Crippen LogP contribution in [-0.2, 0) is 0 Å². The van der Waals surface area contributed by atoms with Gasteiger partial charge in [0, 0.05) is 11.2 Å². The van der Waals surface area contributed by atoms with Crippen LogP contribution in [0, 0.1) is 0 Å². The fourth-order valence-corrected chi connectivity index (χ4v) is 6.34. The maximum Gasteiger partial charge on any atom is 0.260 e. The Kier molecular flexibility index (Phi) is 4.67. The summed E-state index contributed by atoms with van der Waals surface area (Å²) in [5.74, 6) is 5.14. The minimum Gasteiger partial charge on any atom is -0.458 e.